The number of halogens is 1. The number of aryl methyl sites for hydroxylation is 1. The molecule has 0 bridgehead atoms. The third-order valence-corrected chi connectivity index (χ3v) is 2.97. The molecule has 1 aromatic carbocycles. The van der Waals surface area contributed by atoms with E-state index in [9.17, 15) is 0 Å². The van der Waals surface area contributed by atoms with Crippen LogP contribution in [0.4, 0.5) is 5.69 Å². The van der Waals surface area contributed by atoms with E-state index in [-0.39, 0.29) is 0 Å². The average molecular weight is 265 g/mol. The Bertz CT molecular complexity index is 521. The second-order valence-electron chi connectivity index (χ2n) is 4.18. The van der Waals surface area contributed by atoms with Crippen LogP contribution in [0.5, 0.6) is 0 Å². The van der Waals surface area contributed by atoms with E-state index in [0.717, 1.165) is 35.3 Å². The average Bonchev–Trinajstić information content (AvgIpc) is 2.69. The molecule has 5 heteroatoms. The van der Waals surface area contributed by atoms with E-state index in [1.807, 2.05) is 31.2 Å². The van der Waals surface area contributed by atoms with Crippen LogP contribution in [0, 0.1) is 6.92 Å². The molecule has 0 atom stereocenters. The van der Waals surface area contributed by atoms with E-state index in [2.05, 4.69) is 27.0 Å². The van der Waals surface area contributed by atoms with Crippen molar-refractivity contribution in [1.29, 1.82) is 0 Å². The SMILES string of the molecule is CCCn1c(C)nnc1CNc1cccc(Cl)c1. The number of hydrogen-bond acceptors (Lipinski definition) is 3. The molecule has 1 N–H and O–H groups in total. The van der Waals surface area contributed by atoms with Crippen molar-refractivity contribution < 1.29 is 0 Å². The zero-order valence-electron chi connectivity index (χ0n) is 10.7. The van der Waals surface area contributed by atoms with Crippen LogP contribution < -0.4 is 5.32 Å². The predicted molar refractivity (Wildman–Crippen MR) is 73.8 cm³/mol. The lowest BCUT2D eigenvalue weighted by Crippen LogP contribution is -2.10. The van der Waals surface area contributed by atoms with E-state index in [4.69, 9.17) is 11.6 Å². The van der Waals surface area contributed by atoms with Gasteiger partial charge in [0.25, 0.3) is 0 Å². The van der Waals surface area contributed by atoms with Crippen LogP contribution in [0.2, 0.25) is 5.02 Å². The van der Waals surface area contributed by atoms with Crippen molar-refractivity contribution in [1.82, 2.24) is 14.8 Å². The molecule has 0 radical (unpaired) electrons. The molecule has 1 heterocycles. The van der Waals surface area contributed by atoms with Crippen LogP contribution in [0.3, 0.4) is 0 Å². The summed E-state index contributed by atoms with van der Waals surface area (Å²) in [5.74, 6) is 1.91. The fourth-order valence-electron chi connectivity index (χ4n) is 1.85. The highest BCUT2D eigenvalue weighted by atomic mass is 35.5. The molecule has 0 amide bonds. The minimum atomic E-state index is 0.654. The molecular formula is C13H17ClN4. The molecular weight excluding hydrogens is 248 g/mol. The summed E-state index contributed by atoms with van der Waals surface area (Å²) in [5, 5.41) is 12.3. The first kappa shape index (κ1) is 12.9. The van der Waals surface area contributed by atoms with Gasteiger partial charge in [0.1, 0.15) is 5.82 Å². The second kappa shape index (κ2) is 5.87. The van der Waals surface area contributed by atoms with Gasteiger partial charge >= 0.3 is 0 Å². The normalized spacial score (nSPS) is 10.6. The lowest BCUT2D eigenvalue weighted by atomic mass is 10.3. The second-order valence-corrected chi connectivity index (χ2v) is 4.62. The Labute approximate surface area is 112 Å². The first-order valence-corrected chi connectivity index (χ1v) is 6.46. The molecule has 0 saturated heterocycles. The van der Waals surface area contributed by atoms with Crippen LogP contribution in [0.25, 0.3) is 0 Å². The molecule has 2 aromatic rings. The van der Waals surface area contributed by atoms with Gasteiger partial charge in [-0.15, -0.1) is 10.2 Å². The van der Waals surface area contributed by atoms with Crippen molar-refractivity contribution in [3.8, 4) is 0 Å². The summed E-state index contributed by atoms with van der Waals surface area (Å²) in [6, 6.07) is 7.66. The molecule has 0 saturated carbocycles. The van der Waals surface area contributed by atoms with E-state index in [0.29, 0.717) is 6.54 Å². The lowest BCUT2D eigenvalue weighted by molar-refractivity contribution is 0.628. The lowest BCUT2D eigenvalue weighted by Gasteiger charge is -2.09. The number of nitrogens with one attached hydrogen (secondary N) is 1. The Morgan fingerprint density at radius 1 is 1.33 bits per heavy atom. The topological polar surface area (TPSA) is 42.7 Å². The predicted octanol–water partition coefficient (Wildman–Crippen LogP) is 3.26. The highest BCUT2D eigenvalue weighted by molar-refractivity contribution is 6.30. The number of anilines is 1. The molecule has 0 aliphatic carbocycles. The van der Waals surface area contributed by atoms with Crippen LogP contribution in [0.15, 0.2) is 24.3 Å². The van der Waals surface area contributed by atoms with E-state index < -0.39 is 0 Å². The Kier molecular flexibility index (Phi) is 4.20. The Hall–Kier alpha value is -1.55. The van der Waals surface area contributed by atoms with Crippen LogP contribution in [-0.4, -0.2) is 14.8 Å². The van der Waals surface area contributed by atoms with Crippen LogP contribution in [0.1, 0.15) is 25.0 Å². The fraction of sp³-hybridized carbons (Fsp3) is 0.385. The van der Waals surface area contributed by atoms with Gasteiger partial charge in [-0.25, -0.2) is 0 Å². The molecule has 1 aromatic heterocycles. The quantitative estimate of drug-likeness (QED) is 0.901. The smallest absolute Gasteiger partial charge is 0.152 e. The van der Waals surface area contributed by atoms with Crippen molar-refractivity contribution in [2.45, 2.75) is 33.4 Å². The van der Waals surface area contributed by atoms with Gasteiger partial charge < -0.3 is 9.88 Å². The number of rotatable bonds is 5. The van der Waals surface area contributed by atoms with Crippen molar-refractivity contribution in [3.63, 3.8) is 0 Å². The first-order valence-electron chi connectivity index (χ1n) is 6.09. The van der Waals surface area contributed by atoms with Crippen molar-refractivity contribution in [2.75, 3.05) is 5.32 Å². The minimum absolute atomic E-state index is 0.654. The summed E-state index contributed by atoms with van der Waals surface area (Å²) in [6.45, 7) is 5.73. The molecule has 96 valence electrons. The summed E-state index contributed by atoms with van der Waals surface area (Å²) in [4.78, 5) is 0. The summed E-state index contributed by atoms with van der Waals surface area (Å²) < 4.78 is 2.14. The van der Waals surface area contributed by atoms with Gasteiger partial charge in [-0.05, 0) is 31.5 Å². The molecule has 0 aliphatic heterocycles. The van der Waals surface area contributed by atoms with Gasteiger partial charge in [-0.3, -0.25) is 0 Å². The van der Waals surface area contributed by atoms with Gasteiger partial charge in [0.05, 0.1) is 6.54 Å². The summed E-state index contributed by atoms with van der Waals surface area (Å²) >= 11 is 5.94. The Morgan fingerprint density at radius 3 is 2.89 bits per heavy atom. The van der Waals surface area contributed by atoms with Gasteiger partial charge in [0.2, 0.25) is 0 Å². The number of aromatic nitrogens is 3. The molecule has 0 aliphatic rings. The van der Waals surface area contributed by atoms with E-state index in [1.165, 1.54) is 0 Å². The number of benzene rings is 1. The zero-order chi connectivity index (χ0) is 13.0. The molecule has 4 nitrogen and oxygen atoms in total. The maximum atomic E-state index is 5.94. The maximum absolute atomic E-state index is 5.94. The number of hydrogen-bond donors (Lipinski definition) is 1. The number of nitrogens with zero attached hydrogens (tertiary/aromatic N) is 3. The van der Waals surface area contributed by atoms with E-state index in [1.54, 1.807) is 0 Å². The van der Waals surface area contributed by atoms with Crippen molar-refractivity contribution in [3.05, 3.63) is 40.9 Å². The molecule has 0 spiro atoms. The third kappa shape index (κ3) is 3.01. The van der Waals surface area contributed by atoms with Crippen molar-refractivity contribution >= 4 is 17.3 Å². The molecule has 2 rings (SSSR count). The molecule has 0 fully saturated rings. The fourth-order valence-corrected chi connectivity index (χ4v) is 2.04. The van der Waals surface area contributed by atoms with Gasteiger partial charge in [0.15, 0.2) is 5.82 Å². The Morgan fingerprint density at radius 2 is 2.17 bits per heavy atom. The first-order chi connectivity index (χ1) is 8.70. The molecule has 18 heavy (non-hydrogen) atoms. The standard InChI is InChI=1S/C13H17ClN4/c1-3-7-18-10(2)16-17-13(18)9-15-12-6-4-5-11(14)8-12/h4-6,8,15H,3,7,9H2,1-2H3. The largest absolute Gasteiger partial charge is 0.378 e. The minimum Gasteiger partial charge on any atom is -0.378 e. The highest BCUT2D eigenvalue weighted by Gasteiger charge is 2.07. The monoisotopic (exact) mass is 264 g/mol. The van der Waals surface area contributed by atoms with Crippen LogP contribution in [-0.2, 0) is 13.1 Å². The van der Waals surface area contributed by atoms with Gasteiger partial charge in [0, 0.05) is 17.3 Å². The molecule has 0 unspecified atom stereocenters. The van der Waals surface area contributed by atoms with Crippen LogP contribution >= 0.6 is 11.6 Å². The highest BCUT2D eigenvalue weighted by Crippen LogP contribution is 2.15. The van der Waals surface area contributed by atoms with Gasteiger partial charge in [-0.2, -0.15) is 0 Å². The van der Waals surface area contributed by atoms with E-state index >= 15 is 0 Å². The summed E-state index contributed by atoms with van der Waals surface area (Å²) in [6.07, 6.45) is 1.07. The zero-order valence-corrected chi connectivity index (χ0v) is 11.4. The van der Waals surface area contributed by atoms with Gasteiger partial charge in [-0.1, -0.05) is 24.6 Å². The van der Waals surface area contributed by atoms with Crippen molar-refractivity contribution in [2.24, 2.45) is 0 Å². The third-order valence-electron chi connectivity index (χ3n) is 2.73. The maximum Gasteiger partial charge on any atom is 0.152 e. The Balaban J connectivity index is 2.06. The summed E-state index contributed by atoms with van der Waals surface area (Å²) in [5.41, 5.74) is 0.992. The summed E-state index contributed by atoms with van der Waals surface area (Å²) in [7, 11) is 0.